The van der Waals surface area contributed by atoms with E-state index in [-0.39, 0.29) is 5.78 Å². The molecule has 0 unspecified atom stereocenters. The van der Waals surface area contributed by atoms with E-state index in [1.807, 2.05) is 24.3 Å². The van der Waals surface area contributed by atoms with Gasteiger partial charge in [0.05, 0.1) is 17.1 Å². The summed E-state index contributed by atoms with van der Waals surface area (Å²) < 4.78 is 12.7. The molecule has 0 bridgehead atoms. The molecule has 0 aromatic heterocycles. The molecule has 0 amide bonds. The van der Waals surface area contributed by atoms with Gasteiger partial charge in [-0.15, -0.1) is 0 Å². The van der Waals surface area contributed by atoms with Crippen LogP contribution in [0.1, 0.15) is 22.8 Å². The molecule has 110 valence electrons. The van der Waals surface area contributed by atoms with E-state index in [0.717, 1.165) is 20.3 Å². The molecular weight excluding hydrogens is 400 g/mol. The first-order valence-electron chi connectivity index (χ1n) is 6.27. The lowest BCUT2D eigenvalue weighted by atomic mass is 10.1. The third-order valence-electron chi connectivity index (χ3n) is 2.93. The SMILES string of the molecule is COc1ccc(COc2cc(Br)ccc2C(C)=O)cc1Br. The minimum atomic E-state index is -0.0200. The number of Topliss-reactive ketones (excluding diaryl/α,β-unsaturated/α-hetero) is 1. The Bertz CT molecular complexity index is 669. The molecule has 3 nitrogen and oxygen atoms in total. The third kappa shape index (κ3) is 4.08. The summed E-state index contributed by atoms with van der Waals surface area (Å²) >= 11 is 6.83. The van der Waals surface area contributed by atoms with Gasteiger partial charge in [-0.1, -0.05) is 22.0 Å². The lowest BCUT2D eigenvalue weighted by molar-refractivity contribution is 0.101. The van der Waals surface area contributed by atoms with Crippen molar-refractivity contribution < 1.29 is 14.3 Å². The summed E-state index contributed by atoms with van der Waals surface area (Å²) in [5.41, 5.74) is 1.56. The van der Waals surface area contributed by atoms with Crippen LogP contribution in [0.3, 0.4) is 0 Å². The highest BCUT2D eigenvalue weighted by Crippen LogP contribution is 2.28. The predicted octanol–water partition coefficient (Wildman–Crippen LogP) is 5.00. The molecule has 21 heavy (non-hydrogen) atoms. The smallest absolute Gasteiger partial charge is 0.163 e. The lowest BCUT2D eigenvalue weighted by Gasteiger charge is -2.11. The molecule has 0 radical (unpaired) electrons. The highest BCUT2D eigenvalue weighted by atomic mass is 79.9. The zero-order valence-electron chi connectivity index (χ0n) is 11.7. The fourth-order valence-corrected chi connectivity index (χ4v) is 2.80. The van der Waals surface area contributed by atoms with Crippen LogP contribution in [0.25, 0.3) is 0 Å². The number of halogens is 2. The van der Waals surface area contributed by atoms with Crippen LogP contribution in [-0.2, 0) is 6.61 Å². The molecule has 2 aromatic rings. The van der Waals surface area contributed by atoms with E-state index in [4.69, 9.17) is 9.47 Å². The maximum absolute atomic E-state index is 11.6. The van der Waals surface area contributed by atoms with Gasteiger partial charge in [0.2, 0.25) is 0 Å². The van der Waals surface area contributed by atoms with Crippen LogP contribution < -0.4 is 9.47 Å². The van der Waals surface area contributed by atoms with Gasteiger partial charge >= 0.3 is 0 Å². The van der Waals surface area contributed by atoms with Crippen LogP contribution in [0.4, 0.5) is 0 Å². The van der Waals surface area contributed by atoms with Crippen molar-refractivity contribution in [2.24, 2.45) is 0 Å². The lowest BCUT2D eigenvalue weighted by Crippen LogP contribution is -2.02. The van der Waals surface area contributed by atoms with E-state index in [1.54, 1.807) is 19.2 Å². The van der Waals surface area contributed by atoms with E-state index < -0.39 is 0 Å². The van der Waals surface area contributed by atoms with Crippen molar-refractivity contribution >= 4 is 37.6 Å². The van der Waals surface area contributed by atoms with E-state index in [0.29, 0.717) is 17.9 Å². The van der Waals surface area contributed by atoms with Crippen molar-refractivity contribution in [3.05, 3.63) is 56.5 Å². The van der Waals surface area contributed by atoms with E-state index in [9.17, 15) is 4.79 Å². The Labute approximate surface area is 140 Å². The van der Waals surface area contributed by atoms with Crippen molar-refractivity contribution in [1.82, 2.24) is 0 Å². The summed E-state index contributed by atoms with van der Waals surface area (Å²) in [5.74, 6) is 1.32. The summed E-state index contributed by atoms with van der Waals surface area (Å²) in [7, 11) is 1.62. The maximum atomic E-state index is 11.6. The zero-order chi connectivity index (χ0) is 15.4. The zero-order valence-corrected chi connectivity index (χ0v) is 14.8. The minimum absolute atomic E-state index is 0.0200. The number of methoxy groups -OCH3 is 1. The first-order chi connectivity index (χ1) is 10.0. The average molecular weight is 414 g/mol. The molecule has 0 saturated heterocycles. The fraction of sp³-hybridized carbons (Fsp3) is 0.188. The van der Waals surface area contributed by atoms with E-state index in [1.165, 1.54) is 6.92 Å². The molecule has 0 aliphatic carbocycles. The van der Waals surface area contributed by atoms with Gasteiger partial charge in [0.25, 0.3) is 0 Å². The minimum Gasteiger partial charge on any atom is -0.496 e. The Morgan fingerprint density at radius 3 is 2.48 bits per heavy atom. The van der Waals surface area contributed by atoms with Crippen molar-refractivity contribution in [1.29, 1.82) is 0 Å². The summed E-state index contributed by atoms with van der Waals surface area (Å²) in [6, 6.07) is 11.1. The molecule has 2 rings (SSSR count). The molecule has 0 aliphatic heterocycles. The molecule has 0 heterocycles. The second kappa shape index (κ2) is 7.09. The topological polar surface area (TPSA) is 35.5 Å². The number of ketones is 1. The molecule has 0 spiro atoms. The van der Waals surface area contributed by atoms with E-state index in [2.05, 4.69) is 31.9 Å². The second-order valence-corrected chi connectivity index (χ2v) is 6.22. The summed E-state index contributed by atoms with van der Waals surface area (Å²) in [4.78, 5) is 11.6. The maximum Gasteiger partial charge on any atom is 0.163 e. The van der Waals surface area contributed by atoms with Crippen LogP contribution in [0, 0.1) is 0 Å². The standard InChI is InChI=1S/C16H14Br2O3/c1-10(19)13-5-4-12(17)8-16(13)21-9-11-3-6-15(20-2)14(18)7-11/h3-8H,9H2,1-2H3. The fourth-order valence-electron chi connectivity index (χ4n) is 1.87. The predicted molar refractivity (Wildman–Crippen MR) is 89.2 cm³/mol. The van der Waals surface area contributed by atoms with Gasteiger partial charge in [0.15, 0.2) is 5.78 Å². The highest BCUT2D eigenvalue weighted by molar-refractivity contribution is 9.10. The molecule has 2 aromatic carbocycles. The average Bonchev–Trinajstić information content (AvgIpc) is 2.45. The second-order valence-electron chi connectivity index (χ2n) is 4.45. The van der Waals surface area contributed by atoms with Crippen LogP contribution >= 0.6 is 31.9 Å². The van der Waals surface area contributed by atoms with Crippen LogP contribution in [0.15, 0.2) is 45.3 Å². The Morgan fingerprint density at radius 1 is 1.10 bits per heavy atom. The van der Waals surface area contributed by atoms with Crippen LogP contribution in [-0.4, -0.2) is 12.9 Å². The van der Waals surface area contributed by atoms with Crippen molar-refractivity contribution in [2.45, 2.75) is 13.5 Å². The normalized spacial score (nSPS) is 10.3. The van der Waals surface area contributed by atoms with Gasteiger partial charge in [-0.3, -0.25) is 4.79 Å². The monoisotopic (exact) mass is 412 g/mol. The van der Waals surface area contributed by atoms with Gasteiger partial charge in [-0.25, -0.2) is 0 Å². The Balaban J connectivity index is 2.18. The van der Waals surface area contributed by atoms with Gasteiger partial charge in [-0.2, -0.15) is 0 Å². The molecule has 0 fully saturated rings. The number of rotatable bonds is 5. The molecule has 0 saturated carbocycles. The largest absolute Gasteiger partial charge is 0.496 e. The highest BCUT2D eigenvalue weighted by Gasteiger charge is 2.10. The number of hydrogen-bond acceptors (Lipinski definition) is 3. The number of ether oxygens (including phenoxy) is 2. The number of hydrogen-bond donors (Lipinski definition) is 0. The Hall–Kier alpha value is -1.33. The summed E-state index contributed by atoms with van der Waals surface area (Å²) in [6.07, 6.45) is 0. The summed E-state index contributed by atoms with van der Waals surface area (Å²) in [6.45, 7) is 1.90. The molecule has 0 N–H and O–H groups in total. The van der Waals surface area contributed by atoms with E-state index >= 15 is 0 Å². The molecular formula is C16H14Br2O3. The molecule has 0 atom stereocenters. The van der Waals surface area contributed by atoms with Crippen molar-refractivity contribution in [3.8, 4) is 11.5 Å². The molecule has 5 heteroatoms. The Kier molecular flexibility index (Phi) is 5.42. The van der Waals surface area contributed by atoms with Gasteiger partial charge < -0.3 is 9.47 Å². The van der Waals surface area contributed by atoms with Crippen LogP contribution in [0.2, 0.25) is 0 Å². The summed E-state index contributed by atoms with van der Waals surface area (Å²) in [5, 5.41) is 0. The van der Waals surface area contributed by atoms with Gasteiger partial charge in [0, 0.05) is 4.47 Å². The van der Waals surface area contributed by atoms with Crippen molar-refractivity contribution in [3.63, 3.8) is 0 Å². The first kappa shape index (κ1) is 16.0. The van der Waals surface area contributed by atoms with Crippen molar-refractivity contribution in [2.75, 3.05) is 7.11 Å². The van der Waals surface area contributed by atoms with Crippen LogP contribution in [0.5, 0.6) is 11.5 Å². The Morgan fingerprint density at radius 2 is 1.86 bits per heavy atom. The number of benzene rings is 2. The van der Waals surface area contributed by atoms with Gasteiger partial charge in [-0.05, 0) is 58.7 Å². The molecule has 0 aliphatic rings. The van der Waals surface area contributed by atoms with Gasteiger partial charge in [0.1, 0.15) is 18.1 Å². The number of carbonyl (C=O) groups excluding carboxylic acids is 1. The number of carbonyl (C=O) groups is 1. The quantitative estimate of drug-likeness (QED) is 0.647. The third-order valence-corrected chi connectivity index (χ3v) is 4.05. The first-order valence-corrected chi connectivity index (χ1v) is 7.85.